The van der Waals surface area contributed by atoms with Gasteiger partial charge in [0.05, 0.1) is 12.3 Å². The quantitative estimate of drug-likeness (QED) is 0.516. The first-order chi connectivity index (χ1) is 11.6. The first-order valence-corrected chi connectivity index (χ1v) is 8.68. The van der Waals surface area contributed by atoms with Gasteiger partial charge in [-0.1, -0.05) is 35.1 Å². The van der Waals surface area contributed by atoms with E-state index in [-0.39, 0.29) is 24.1 Å². The molecule has 0 saturated heterocycles. The number of anilines is 3. The Morgan fingerprint density at radius 3 is 2.88 bits per heavy atom. The first kappa shape index (κ1) is 17.8. The number of rotatable bonds is 7. The third-order valence-electron chi connectivity index (χ3n) is 2.56. The van der Waals surface area contributed by atoms with Crippen molar-refractivity contribution < 1.29 is 9.59 Å². The van der Waals surface area contributed by atoms with E-state index < -0.39 is 0 Å². The van der Waals surface area contributed by atoms with Crippen LogP contribution >= 0.6 is 23.1 Å². The minimum atomic E-state index is -0.148. The lowest BCUT2D eigenvalue weighted by molar-refractivity contribution is -0.118. The van der Waals surface area contributed by atoms with E-state index in [1.165, 1.54) is 30.0 Å². The zero-order chi connectivity index (χ0) is 17.4. The summed E-state index contributed by atoms with van der Waals surface area (Å²) in [5.74, 6) is 2.29. The molecule has 0 radical (unpaired) electrons. The fourth-order valence-corrected chi connectivity index (χ4v) is 3.25. The van der Waals surface area contributed by atoms with Crippen LogP contribution in [0.2, 0.25) is 0 Å². The van der Waals surface area contributed by atoms with Gasteiger partial charge in [0.25, 0.3) is 0 Å². The van der Waals surface area contributed by atoms with Gasteiger partial charge in [-0.25, -0.2) is 0 Å². The maximum absolute atomic E-state index is 11.5. The van der Waals surface area contributed by atoms with Gasteiger partial charge in [0.2, 0.25) is 16.9 Å². The van der Waals surface area contributed by atoms with Crippen LogP contribution in [0, 0.1) is 12.3 Å². The topological polar surface area (TPSA) is 96.0 Å². The summed E-state index contributed by atoms with van der Waals surface area (Å²) in [5, 5.41) is 17.0. The minimum absolute atomic E-state index is 0.134. The molecule has 9 heteroatoms. The number of hydrogen-bond acceptors (Lipinski definition) is 7. The van der Waals surface area contributed by atoms with Crippen molar-refractivity contribution in [1.29, 1.82) is 0 Å². The summed E-state index contributed by atoms with van der Waals surface area (Å²) < 4.78 is 0.673. The van der Waals surface area contributed by atoms with E-state index in [2.05, 4.69) is 32.1 Å². The monoisotopic (exact) mass is 361 g/mol. The van der Waals surface area contributed by atoms with Crippen molar-refractivity contribution in [2.45, 2.75) is 11.3 Å². The van der Waals surface area contributed by atoms with Crippen LogP contribution in [0.1, 0.15) is 6.92 Å². The number of thioether (sulfide) groups is 1. The largest absolute Gasteiger partial charge is 0.344 e. The molecular weight excluding hydrogens is 346 g/mol. The van der Waals surface area contributed by atoms with Crippen LogP contribution in [0.3, 0.4) is 0 Å². The number of benzene rings is 1. The Labute approximate surface area is 147 Å². The average molecular weight is 361 g/mol. The Morgan fingerprint density at radius 2 is 2.12 bits per heavy atom. The van der Waals surface area contributed by atoms with Gasteiger partial charge in [-0.05, 0) is 18.2 Å². The third kappa shape index (κ3) is 5.91. The molecule has 0 aliphatic heterocycles. The van der Waals surface area contributed by atoms with Gasteiger partial charge in [0, 0.05) is 18.3 Å². The second kappa shape index (κ2) is 8.90. The van der Waals surface area contributed by atoms with Crippen molar-refractivity contribution in [3.8, 4) is 12.3 Å². The molecule has 2 rings (SSSR count). The number of terminal acetylenes is 1. The van der Waals surface area contributed by atoms with Gasteiger partial charge >= 0.3 is 0 Å². The van der Waals surface area contributed by atoms with Gasteiger partial charge in [-0.2, -0.15) is 0 Å². The second-order valence-electron chi connectivity index (χ2n) is 4.53. The van der Waals surface area contributed by atoms with Gasteiger partial charge in [-0.3, -0.25) is 9.59 Å². The molecule has 2 amide bonds. The number of amides is 2. The van der Waals surface area contributed by atoms with Crippen molar-refractivity contribution in [2.24, 2.45) is 0 Å². The summed E-state index contributed by atoms with van der Waals surface area (Å²) in [7, 11) is 0. The van der Waals surface area contributed by atoms with E-state index in [0.717, 1.165) is 5.69 Å². The molecule has 0 bridgehead atoms. The highest BCUT2D eigenvalue weighted by Gasteiger charge is 2.08. The number of aromatic nitrogens is 2. The van der Waals surface area contributed by atoms with E-state index in [1.807, 2.05) is 12.1 Å². The molecule has 0 saturated carbocycles. The molecule has 0 aliphatic rings. The third-order valence-corrected chi connectivity index (χ3v) is 4.53. The minimum Gasteiger partial charge on any atom is -0.344 e. The molecule has 1 aromatic heterocycles. The molecule has 3 N–H and O–H groups in total. The van der Waals surface area contributed by atoms with Crippen LogP contribution in [-0.2, 0) is 9.59 Å². The van der Waals surface area contributed by atoms with Crippen molar-refractivity contribution in [1.82, 2.24) is 15.5 Å². The van der Waals surface area contributed by atoms with Crippen molar-refractivity contribution >= 4 is 51.4 Å². The summed E-state index contributed by atoms with van der Waals surface area (Å²) >= 11 is 2.62. The number of nitrogens with one attached hydrogen (secondary N) is 3. The Bertz CT molecular complexity index is 769. The zero-order valence-corrected chi connectivity index (χ0v) is 14.5. The molecule has 0 unspecified atom stereocenters. The predicted octanol–water partition coefficient (Wildman–Crippen LogP) is 2.08. The van der Waals surface area contributed by atoms with Crippen molar-refractivity contribution in [3.05, 3.63) is 24.3 Å². The summed E-state index contributed by atoms with van der Waals surface area (Å²) in [6.45, 7) is 1.67. The lowest BCUT2D eigenvalue weighted by atomic mass is 10.3. The molecule has 1 aromatic carbocycles. The summed E-state index contributed by atoms with van der Waals surface area (Å²) in [5.41, 5.74) is 1.47. The highest BCUT2D eigenvalue weighted by atomic mass is 32.2. The number of carbonyl (C=O) groups is 2. The van der Waals surface area contributed by atoms with E-state index in [4.69, 9.17) is 6.42 Å². The number of hydrogen-bond donors (Lipinski definition) is 3. The molecule has 0 fully saturated rings. The summed E-state index contributed by atoms with van der Waals surface area (Å²) in [4.78, 5) is 22.6. The molecule has 2 aromatic rings. The molecule has 0 spiro atoms. The highest BCUT2D eigenvalue weighted by Crippen LogP contribution is 2.28. The van der Waals surface area contributed by atoms with Crippen molar-refractivity contribution in [3.63, 3.8) is 0 Å². The summed E-state index contributed by atoms with van der Waals surface area (Å²) in [6, 6.07) is 7.26. The van der Waals surface area contributed by atoms with E-state index >= 15 is 0 Å². The molecule has 1 heterocycles. The molecular formula is C15H15N5O2S2. The molecule has 7 nitrogen and oxygen atoms in total. The number of nitrogens with zero attached hydrogens (tertiary/aromatic N) is 2. The summed E-state index contributed by atoms with van der Waals surface area (Å²) in [6.07, 6.45) is 5.07. The smallest absolute Gasteiger partial charge is 0.231 e. The van der Waals surface area contributed by atoms with Crippen LogP contribution in [0.5, 0.6) is 0 Å². The lowest BCUT2D eigenvalue weighted by Crippen LogP contribution is -2.25. The van der Waals surface area contributed by atoms with Gasteiger partial charge < -0.3 is 16.0 Å². The molecule has 124 valence electrons. The van der Waals surface area contributed by atoms with Crippen LogP contribution < -0.4 is 16.0 Å². The second-order valence-corrected chi connectivity index (χ2v) is 6.73. The van der Waals surface area contributed by atoms with E-state index in [1.54, 1.807) is 12.1 Å². The lowest BCUT2D eigenvalue weighted by Gasteiger charge is -2.05. The van der Waals surface area contributed by atoms with Crippen LogP contribution in [0.25, 0.3) is 0 Å². The van der Waals surface area contributed by atoms with E-state index in [0.29, 0.717) is 15.2 Å². The van der Waals surface area contributed by atoms with Gasteiger partial charge in [0.1, 0.15) is 0 Å². The van der Waals surface area contributed by atoms with Gasteiger partial charge in [0.15, 0.2) is 4.34 Å². The highest BCUT2D eigenvalue weighted by molar-refractivity contribution is 8.01. The fourth-order valence-electron chi connectivity index (χ4n) is 1.65. The number of carbonyl (C=O) groups excluding carboxylic acids is 2. The Kier molecular flexibility index (Phi) is 6.60. The fraction of sp³-hybridized carbons (Fsp3) is 0.200. The van der Waals surface area contributed by atoms with E-state index in [9.17, 15) is 9.59 Å². The van der Waals surface area contributed by atoms with Gasteiger partial charge in [-0.15, -0.1) is 16.6 Å². The zero-order valence-electron chi connectivity index (χ0n) is 12.8. The van der Waals surface area contributed by atoms with Crippen molar-refractivity contribution in [2.75, 3.05) is 22.9 Å². The average Bonchev–Trinajstić information content (AvgIpc) is 2.98. The predicted molar refractivity (Wildman–Crippen MR) is 96.5 cm³/mol. The molecule has 24 heavy (non-hydrogen) atoms. The Balaban J connectivity index is 1.90. The molecule has 0 aliphatic carbocycles. The standard InChI is InChI=1S/C15H15N5O2S2/c1-3-7-16-13(22)9-23-15-20-19-14(24-15)18-12-6-4-5-11(8-12)17-10(2)21/h1,4-6,8H,7,9H2,2H3,(H,16,22)(H,17,21)(H,18,19). The first-order valence-electron chi connectivity index (χ1n) is 6.88. The Morgan fingerprint density at radius 1 is 1.33 bits per heavy atom. The van der Waals surface area contributed by atoms with Crippen LogP contribution in [0.15, 0.2) is 28.6 Å². The maximum Gasteiger partial charge on any atom is 0.231 e. The SMILES string of the molecule is C#CCNC(=O)CSc1nnc(Nc2cccc(NC(C)=O)c2)s1. The Hall–Kier alpha value is -2.57. The normalized spacial score (nSPS) is 9.83. The molecule has 0 atom stereocenters. The van der Waals surface area contributed by atoms with Crippen LogP contribution in [0.4, 0.5) is 16.5 Å². The maximum atomic E-state index is 11.5. The van der Waals surface area contributed by atoms with Crippen LogP contribution in [-0.4, -0.2) is 34.3 Å².